The molecule has 0 spiro atoms. The summed E-state index contributed by atoms with van der Waals surface area (Å²) in [6.45, 7) is 23.8. The number of nitrogens with zero attached hydrogens (tertiary/aromatic N) is 2. The quantitative estimate of drug-likeness (QED) is 0.114. The van der Waals surface area contributed by atoms with Crippen molar-refractivity contribution in [3.63, 3.8) is 0 Å². The molecule has 1 aliphatic heterocycles. The Morgan fingerprint density at radius 1 is 0.702 bits per heavy atom. The number of hydrogen-bond donors (Lipinski definition) is 0. The zero-order valence-corrected chi connectivity index (χ0v) is 33.7. The Kier molecular flexibility index (Phi) is 15.4. The number of rotatable bonds is 5. The fourth-order valence-corrected chi connectivity index (χ4v) is 8.77. The van der Waals surface area contributed by atoms with Gasteiger partial charge in [-0.1, -0.05) is 96.1 Å². The Bertz CT molecular complexity index is 1510. The van der Waals surface area contributed by atoms with E-state index in [4.69, 9.17) is 23.9 Å². The van der Waals surface area contributed by atoms with E-state index in [2.05, 4.69) is 132 Å². The zero-order chi connectivity index (χ0) is 34.7. The summed E-state index contributed by atoms with van der Waals surface area (Å²) in [5.41, 5.74) is 11.0. The second kappa shape index (κ2) is 18.5. The summed E-state index contributed by atoms with van der Waals surface area (Å²) in [5, 5.41) is 2.50. The van der Waals surface area contributed by atoms with E-state index < -0.39 is 21.7 Å². The van der Waals surface area contributed by atoms with Crippen molar-refractivity contribution in [2.24, 2.45) is 5.41 Å². The average Bonchev–Trinajstić information content (AvgIpc) is 3.46. The van der Waals surface area contributed by atoms with Gasteiger partial charge in [-0.25, -0.2) is 0 Å². The van der Waals surface area contributed by atoms with Crippen molar-refractivity contribution in [3.8, 4) is 0 Å². The van der Waals surface area contributed by atoms with Gasteiger partial charge in [0.15, 0.2) is 0 Å². The van der Waals surface area contributed by atoms with Crippen LogP contribution in [0, 0.1) is 53.6 Å². The van der Waals surface area contributed by atoms with Crippen LogP contribution in [0.1, 0.15) is 54.2 Å². The molecule has 0 atom stereocenters. The topological polar surface area (TPSA) is 15.7 Å². The van der Waals surface area contributed by atoms with E-state index >= 15 is 0 Å². The number of anilines is 2. The van der Waals surface area contributed by atoms with Gasteiger partial charge in [0, 0.05) is 42.2 Å². The first-order valence-corrected chi connectivity index (χ1v) is 22.4. The number of hydrogen-bond acceptors (Lipinski definition) is 3. The van der Waals surface area contributed by atoms with Crippen LogP contribution in [-0.4, -0.2) is 24.5 Å². The van der Waals surface area contributed by atoms with Crippen LogP contribution in [0.3, 0.4) is 0 Å². The number of aryl methyl sites for hydroxylation is 6. The van der Waals surface area contributed by atoms with Gasteiger partial charge < -0.3 is 14.3 Å². The van der Waals surface area contributed by atoms with Gasteiger partial charge in [-0.3, -0.25) is 0 Å². The predicted octanol–water partition coefficient (Wildman–Crippen LogP) is 10.6. The van der Waals surface area contributed by atoms with Gasteiger partial charge in [0.05, 0.1) is 8.15 Å². The van der Waals surface area contributed by atoms with E-state index in [-0.39, 0.29) is 5.41 Å². The molecule has 5 rings (SSSR count). The Morgan fingerprint density at radius 2 is 1.06 bits per heavy atom. The number of allylic oxidation sites excluding steroid dienone is 1. The van der Waals surface area contributed by atoms with Crippen molar-refractivity contribution in [3.05, 3.63) is 131 Å². The van der Waals surface area contributed by atoms with Crippen molar-refractivity contribution < 1.29 is 18.0 Å². The summed E-state index contributed by atoms with van der Waals surface area (Å²) >= 11 is -1.67. The second-order valence-electron chi connectivity index (χ2n) is 12.9. The van der Waals surface area contributed by atoms with Crippen LogP contribution in [-0.2, 0) is 18.0 Å². The molecule has 0 unspecified atom stereocenters. The third-order valence-electron chi connectivity index (χ3n) is 7.43. The largest absolute Gasteiger partial charge is 0.502 e. The molecule has 47 heavy (non-hydrogen) atoms. The molecule has 1 saturated heterocycles. The van der Waals surface area contributed by atoms with E-state index in [9.17, 15) is 0 Å². The molecule has 1 heterocycles. The summed E-state index contributed by atoms with van der Waals surface area (Å²) in [6.07, 6.45) is 1.94. The maximum Gasteiger partial charge on any atom is 0.0913 e. The molecule has 0 aromatic heterocycles. The summed E-state index contributed by atoms with van der Waals surface area (Å²) in [4.78, 5) is 4.81. The molecule has 4 aromatic rings. The molecular weight excluding hydrogens is 727 g/mol. The van der Waals surface area contributed by atoms with Crippen LogP contribution in [0.4, 0.5) is 11.4 Å². The minimum atomic E-state index is -1.67. The molecule has 0 saturated carbocycles. The SMILES string of the molecule is CC(C)(C)C=[C]=[Ru]([Cl])[Cl].COP(c1ccccc1)c1ccccc1.Cc1cc(C)c(N2[CH-]N(c3c(C)cc(C)cc3C)CC2)c(C)c1. The van der Waals surface area contributed by atoms with Crippen LogP contribution in [0.2, 0.25) is 0 Å². The van der Waals surface area contributed by atoms with Gasteiger partial charge >= 0.3 is 69.4 Å². The fourth-order valence-electron chi connectivity index (χ4n) is 5.77. The summed E-state index contributed by atoms with van der Waals surface area (Å²) in [6, 6.07) is 29.8. The zero-order valence-electron chi connectivity index (χ0n) is 29.5. The first-order chi connectivity index (χ1) is 22.2. The normalized spacial score (nSPS) is 12.9. The van der Waals surface area contributed by atoms with E-state index in [0.29, 0.717) is 0 Å². The molecule has 1 fully saturated rings. The van der Waals surface area contributed by atoms with E-state index in [1.165, 1.54) is 55.4 Å². The summed E-state index contributed by atoms with van der Waals surface area (Å²) < 4.78 is 8.52. The first kappa shape index (κ1) is 39.2. The van der Waals surface area contributed by atoms with Crippen molar-refractivity contribution >= 4 is 53.8 Å². The Morgan fingerprint density at radius 3 is 1.34 bits per heavy atom. The standard InChI is InChI=1S/C21H27N2.C13H13OP.C6H10.2ClH.Ru/c1-14-9-16(3)20(17(4)10-14)22-7-8-23(13-22)21-18(5)11-15(2)12-19(21)6;1-14-15(12-8-4-2-5-9-12)13-10-6-3-7-11-13;1-5-6(2,3)4;;;/h9-13H,7-8H2,1-6H3;2-11H,1H3;5H,2-4H3;2*1H;/q-1;;;;;+2/p-2. The molecule has 254 valence electrons. The van der Waals surface area contributed by atoms with Gasteiger partial charge in [0.2, 0.25) is 0 Å². The summed E-state index contributed by atoms with van der Waals surface area (Å²) in [5.74, 6) is 0. The molecule has 7 heteroatoms. The average molecular weight is 778 g/mol. The van der Waals surface area contributed by atoms with Crippen molar-refractivity contribution in [1.29, 1.82) is 0 Å². The van der Waals surface area contributed by atoms with Crippen LogP contribution in [0.25, 0.3) is 0 Å². The molecule has 3 nitrogen and oxygen atoms in total. The van der Waals surface area contributed by atoms with Gasteiger partial charge in [-0.15, -0.1) is 0 Å². The minimum Gasteiger partial charge on any atom is -0.502 e. The van der Waals surface area contributed by atoms with Crippen LogP contribution >= 0.6 is 27.5 Å². The van der Waals surface area contributed by atoms with E-state index in [0.717, 1.165) is 13.1 Å². The Labute approximate surface area is 298 Å². The van der Waals surface area contributed by atoms with Crippen LogP contribution in [0.15, 0.2) is 91.0 Å². The molecule has 0 aliphatic carbocycles. The minimum absolute atomic E-state index is 0.163. The van der Waals surface area contributed by atoms with E-state index in [1.807, 2.05) is 42.5 Å². The maximum atomic E-state index is 5.59. The van der Waals surface area contributed by atoms with Crippen LogP contribution in [0.5, 0.6) is 0 Å². The predicted molar refractivity (Wildman–Crippen MR) is 207 cm³/mol. The number of benzene rings is 4. The third-order valence-corrected chi connectivity index (χ3v) is 10.9. The van der Waals surface area contributed by atoms with Gasteiger partial charge in [0.25, 0.3) is 0 Å². The van der Waals surface area contributed by atoms with E-state index in [1.54, 1.807) is 7.11 Å². The molecule has 0 radical (unpaired) electrons. The second-order valence-corrected chi connectivity index (χ2v) is 20.3. The number of halogens is 2. The maximum absolute atomic E-state index is 5.59. The molecule has 0 amide bonds. The summed E-state index contributed by atoms with van der Waals surface area (Å²) in [7, 11) is 12.2. The van der Waals surface area contributed by atoms with Gasteiger partial charge in [0.1, 0.15) is 0 Å². The van der Waals surface area contributed by atoms with Gasteiger partial charge in [-0.2, -0.15) is 6.67 Å². The molecule has 0 bridgehead atoms. The molecular formula is C40H50Cl2N2OPRu-. The van der Waals surface area contributed by atoms with Crippen molar-refractivity contribution in [1.82, 2.24) is 0 Å². The first-order valence-electron chi connectivity index (χ1n) is 15.8. The van der Waals surface area contributed by atoms with Crippen molar-refractivity contribution in [2.45, 2.75) is 62.3 Å². The molecule has 4 aromatic carbocycles. The monoisotopic (exact) mass is 777 g/mol. The van der Waals surface area contributed by atoms with Crippen molar-refractivity contribution in [2.75, 3.05) is 30.0 Å². The van der Waals surface area contributed by atoms with Crippen LogP contribution < -0.4 is 20.4 Å². The smallest absolute Gasteiger partial charge is 0.0913 e. The Balaban J connectivity index is 0.000000215. The Hall–Kier alpha value is -2.28. The van der Waals surface area contributed by atoms with Gasteiger partial charge in [-0.05, 0) is 63.8 Å². The third kappa shape index (κ3) is 12.3. The fraction of sp³-hybridized carbons (Fsp3) is 0.325. The molecule has 0 N–H and O–H groups in total. The molecule has 1 aliphatic rings.